The van der Waals surface area contributed by atoms with Crippen molar-refractivity contribution in [3.63, 3.8) is 0 Å². The van der Waals surface area contributed by atoms with Crippen molar-refractivity contribution in [2.24, 2.45) is 0 Å². The van der Waals surface area contributed by atoms with Crippen molar-refractivity contribution >= 4 is 50.6 Å². The maximum Gasteiger partial charge on any atom is 0.279 e. The molecule has 1 amide bonds. The average molecular weight is 480 g/mol. The number of carbonyl (C=O) groups is 1. The predicted molar refractivity (Wildman–Crippen MR) is 126 cm³/mol. The van der Waals surface area contributed by atoms with Crippen LogP contribution in [0.2, 0.25) is 0 Å². The van der Waals surface area contributed by atoms with Crippen LogP contribution in [0.5, 0.6) is 0 Å². The van der Waals surface area contributed by atoms with E-state index in [9.17, 15) is 13.6 Å². The van der Waals surface area contributed by atoms with Crippen molar-refractivity contribution in [3.05, 3.63) is 59.6 Å². The van der Waals surface area contributed by atoms with Crippen LogP contribution in [0.3, 0.4) is 0 Å². The Balaban J connectivity index is 0.00000289. The van der Waals surface area contributed by atoms with Crippen LogP contribution in [0, 0.1) is 18.6 Å². The number of aryl methyl sites for hydroxylation is 1. The number of halogens is 3. The molecule has 1 aromatic carbocycles. The van der Waals surface area contributed by atoms with Gasteiger partial charge in [-0.05, 0) is 38.2 Å². The number of imidazole rings is 1. The second kappa shape index (κ2) is 9.89. The molecule has 0 spiro atoms. The van der Waals surface area contributed by atoms with Gasteiger partial charge in [0.25, 0.3) is 5.91 Å². The predicted octanol–water partition coefficient (Wildman–Crippen LogP) is 4.94. The molecular weight excluding hydrogens is 456 g/mol. The third-order valence-electron chi connectivity index (χ3n) is 5.32. The number of pyridine rings is 1. The Morgan fingerprint density at radius 1 is 1.12 bits per heavy atom. The maximum atomic E-state index is 14.3. The van der Waals surface area contributed by atoms with E-state index in [0.29, 0.717) is 40.0 Å². The second-order valence-corrected chi connectivity index (χ2v) is 8.20. The van der Waals surface area contributed by atoms with E-state index < -0.39 is 11.6 Å². The van der Waals surface area contributed by atoms with Gasteiger partial charge in [0.2, 0.25) is 0 Å². The lowest BCUT2D eigenvalue weighted by molar-refractivity contribution is 0.0977. The van der Waals surface area contributed by atoms with E-state index in [1.807, 2.05) is 18.2 Å². The van der Waals surface area contributed by atoms with E-state index in [0.717, 1.165) is 30.5 Å². The number of hydrogen-bond donors (Lipinski definition) is 0. The summed E-state index contributed by atoms with van der Waals surface area (Å²) < 4.78 is 30.1. The molecule has 0 unspecified atom stereocenters. The Kier molecular flexibility index (Phi) is 7.43. The first-order valence-electron chi connectivity index (χ1n) is 10.2. The lowest BCUT2D eigenvalue weighted by Gasteiger charge is -2.24. The van der Waals surface area contributed by atoms with E-state index in [1.165, 1.54) is 6.07 Å². The van der Waals surface area contributed by atoms with Crippen molar-refractivity contribution in [3.8, 4) is 0 Å². The number of carbonyl (C=O) groups excluding carboxylic acids is 1. The Morgan fingerprint density at radius 3 is 2.59 bits per heavy atom. The molecule has 6 nitrogen and oxygen atoms in total. The number of amides is 1. The van der Waals surface area contributed by atoms with Gasteiger partial charge in [-0.25, -0.2) is 18.7 Å². The number of thiazole rings is 1. The molecule has 3 aromatic heterocycles. The lowest BCUT2D eigenvalue weighted by Crippen LogP contribution is -2.39. The zero-order chi connectivity index (χ0) is 22.1. The Morgan fingerprint density at radius 2 is 1.88 bits per heavy atom. The van der Waals surface area contributed by atoms with Crippen molar-refractivity contribution in [1.82, 2.24) is 19.3 Å². The van der Waals surface area contributed by atoms with E-state index in [4.69, 9.17) is 0 Å². The molecule has 10 heteroatoms. The molecular formula is C22H24ClF2N5OS. The fraction of sp³-hybridized carbons (Fsp3) is 0.318. The fourth-order valence-electron chi connectivity index (χ4n) is 3.63. The monoisotopic (exact) mass is 479 g/mol. The SMILES string of the molecule is CCN(CC)CCN(C(=O)c1c(C)nc2ccccn12)c1nc2c(F)cc(F)cc2s1.Cl. The summed E-state index contributed by atoms with van der Waals surface area (Å²) in [4.78, 5) is 26.3. The summed E-state index contributed by atoms with van der Waals surface area (Å²) in [7, 11) is 0. The van der Waals surface area contributed by atoms with Gasteiger partial charge in [-0.15, -0.1) is 12.4 Å². The molecule has 170 valence electrons. The molecule has 0 saturated heterocycles. The normalized spacial score (nSPS) is 11.3. The van der Waals surface area contributed by atoms with E-state index in [1.54, 1.807) is 22.4 Å². The Hall–Kier alpha value is -2.62. The second-order valence-electron chi connectivity index (χ2n) is 7.19. The van der Waals surface area contributed by atoms with Gasteiger partial charge < -0.3 is 4.90 Å². The average Bonchev–Trinajstić information content (AvgIpc) is 3.31. The highest BCUT2D eigenvalue weighted by molar-refractivity contribution is 7.22. The molecule has 0 aliphatic carbocycles. The summed E-state index contributed by atoms with van der Waals surface area (Å²) in [6, 6.07) is 7.58. The summed E-state index contributed by atoms with van der Waals surface area (Å²) in [6.07, 6.45) is 1.79. The van der Waals surface area contributed by atoms with Crippen LogP contribution < -0.4 is 4.90 Å². The van der Waals surface area contributed by atoms with Crippen molar-refractivity contribution in [1.29, 1.82) is 0 Å². The van der Waals surface area contributed by atoms with Crippen LogP contribution in [0.15, 0.2) is 36.5 Å². The van der Waals surface area contributed by atoms with Crippen molar-refractivity contribution < 1.29 is 13.6 Å². The number of fused-ring (bicyclic) bond motifs is 2. The van der Waals surface area contributed by atoms with Crippen LogP contribution in [0.25, 0.3) is 15.9 Å². The molecule has 0 aliphatic rings. The lowest BCUT2D eigenvalue weighted by atomic mass is 10.3. The molecule has 32 heavy (non-hydrogen) atoms. The first kappa shape index (κ1) is 24.0. The Bertz CT molecular complexity index is 1250. The molecule has 0 N–H and O–H groups in total. The zero-order valence-electron chi connectivity index (χ0n) is 18.0. The molecule has 0 saturated carbocycles. The number of rotatable bonds is 7. The molecule has 0 atom stereocenters. The Labute approximate surface area is 194 Å². The molecule has 0 aliphatic heterocycles. The van der Waals surface area contributed by atoms with E-state index in [2.05, 4.69) is 28.7 Å². The molecule has 0 radical (unpaired) electrons. The summed E-state index contributed by atoms with van der Waals surface area (Å²) in [5.41, 5.74) is 1.77. The minimum Gasteiger partial charge on any atom is -0.302 e. The first-order chi connectivity index (χ1) is 14.9. The number of hydrogen-bond acceptors (Lipinski definition) is 5. The van der Waals surface area contributed by atoms with Gasteiger partial charge in [0, 0.05) is 25.4 Å². The number of nitrogens with zero attached hydrogens (tertiary/aromatic N) is 5. The zero-order valence-corrected chi connectivity index (χ0v) is 19.6. The van der Waals surface area contributed by atoms with Crippen LogP contribution in [0.4, 0.5) is 13.9 Å². The van der Waals surface area contributed by atoms with Gasteiger partial charge in [-0.2, -0.15) is 0 Å². The van der Waals surface area contributed by atoms with E-state index >= 15 is 0 Å². The molecule has 0 bridgehead atoms. The van der Waals surface area contributed by atoms with Crippen molar-refractivity contribution in [2.75, 3.05) is 31.1 Å². The molecule has 4 rings (SSSR count). The summed E-state index contributed by atoms with van der Waals surface area (Å²) >= 11 is 1.10. The quantitative estimate of drug-likeness (QED) is 0.376. The largest absolute Gasteiger partial charge is 0.302 e. The number of benzene rings is 1. The highest BCUT2D eigenvalue weighted by atomic mass is 35.5. The highest BCUT2D eigenvalue weighted by Gasteiger charge is 2.27. The van der Waals surface area contributed by atoms with Gasteiger partial charge in [0.15, 0.2) is 10.9 Å². The van der Waals surface area contributed by atoms with Crippen LogP contribution >= 0.6 is 23.7 Å². The topological polar surface area (TPSA) is 53.7 Å². The molecule has 3 heterocycles. The van der Waals surface area contributed by atoms with Crippen LogP contribution in [0.1, 0.15) is 30.0 Å². The summed E-state index contributed by atoms with van der Waals surface area (Å²) in [6.45, 7) is 8.57. The number of anilines is 1. The minimum absolute atomic E-state index is 0. The first-order valence-corrected chi connectivity index (χ1v) is 11.0. The standard InChI is InChI=1S/C22H23F2N5OS.ClH/c1-4-27(5-2)10-11-29(22-26-19-16(24)12-15(23)13-17(19)31-22)21(30)20-14(3)25-18-8-6-7-9-28(18)20;/h6-9,12-13H,4-5,10-11H2,1-3H3;1H. The van der Waals surface area contributed by atoms with Crippen LogP contribution in [-0.2, 0) is 0 Å². The van der Waals surface area contributed by atoms with E-state index in [-0.39, 0.29) is 23.8 Å². The number of likely N-dealkylation sites (N-methyl/N-ethyl adjacent to an activating group) is 1. The van der Waals surface area contributed by atoms with Gasteiger partial charge >= 0.3 is 0 Å². The number of aromatic nitrogens is 3. The van der Waals surface area contributed by atoms with Crippen molar-refractivity contribution in [2.45, 2.75) is 20.8 Å². The van der Waals surface area contributed by atoms with Crippen LogP contribution in [-0.4, -0.2) is 51.4 Å². The fourth-order valence-corrected chi connectivity index (χ4v) is 4.65. The van der Waals surface area contributed by atoms with Gasteiger partial charge in [0.05, 0.1) is 10.4 Å². The van der Waals surface area contributed by atoms with Gasteiger partial charge in [-0.1, -0.05) is 31.3 Å². The molecule has 4 aromatic rings. The smallest absolute Gasteiger partial charge is 0.279 e. The van der Waals surface area contributed by atoms with Gasteiger partial charge in [0.1, 0.15) is 22.7 Å². The third-order valence-corrected chi connectivity index (χ3v) is 6.34. The minimum atomic E-state index is -0.736. The summed E-state index contributed by atoms with van der Waals surface area (Å²) in [5, 5.41) is 0.335. The maximum absolute atomic E-state index is 14.3. The van der Waals surface area contributed by atoms with Gasteiger partial charge in [-0.3, -0.25) is 14.1 Å². The summed E-state index contributed by atoms with van der Waals surface area (Å²) in [5.74, 6) is -1.68. The third kappa shape index (κ3) is 4.46. The highest BCUT2D eigenvalue weighted by Crippen LogP contribution is 2.32. The molecule has 0 fully saturated rings.